The Bertz CT molecular complexity index is 496. The fraction of sp³-hybridized carbons (Fsp3) is 0.611. The summed E-state index contributed by atoms with van der Waals surface area (Å²) in [7, 11) is 0. The molecule has 1 aliphatic heterocycles. The third-order valence-corrected chi connectivity index (χ3v) is 4.85. The third-order valence-electron chi connectivity index (χ3n) is 4.85. The molecule has 1 saturated carbocycles. The molecule has 126 valence electrons. The molecule has 2 aliphatic rings. The first-order valence-corrected chi connectivity index (χ1v) is 8.73. The van der Waals surface area contributed by atoms with Crippen LogP contribution < -0.4 is 10.6 Å². The molecular weight excluding hydrogens is 290 g/mol. The monoisotopic (exact) mass is 317 g/mol. The summed E-state index contributed by atoms with van der Waals surface area (Å²) in [5, 5.41) is 15.3. The lowest BCUT2D eigenvalue weighted by molar-refractivity contribution is 0.184. The molecule has 5 nitrogen and oxygen atoms in total. The predicted molar refractivity (Wildman–Crippen MR) is 90.2 cm³/mol. The second-order valence-corrected chi connectivity index (χ2v) is 6.63. The molecule has 2 amide bonds. The second-order valence-electron chi connectivity index (χ2n) is 6.63. The fourth-order valence-corrected chi connectivity index (χ4v) is 3.37. The Morgan fingerprint density at radius 2 is 1.87 bits per heavy atom. The average Bonchev–Trinajstić information content (AvgIpc) is 3.41. The van der Waals surface area contributed by atoms with Crippen LogP contribution in [0.25, 0.3) is 0 Å². The van der Waals surface area contributed by atoms with Crippen molar-refractivity contribution in [3.8, 4) is 0 Å². The first-order valence-electron chi connectivity index (χ1n) is 8.73. The van der Waals surface area contributed by atoms with Crippen molar-refractivity contribution in [3.05, 3.63) is 35.9 Å². The van der Waals surface area contributed by atoms with Crippen LogP contribution in [0.5, 0.6) is 0 Å². The molecule has 0 bridgehead atoms. The number of rotatable bonds is 6. The van der Waals surface area contributed by atoms with E-state index >= 15 is 0 Å². The molecule has 0 unspecified atom stereocenters. The number of piperidine rings is 1. The van der Waals surface area contributed by atoms with Crippen molar-refractivity contribution in [3.63, 3.8) is 0 Å². The summed E-state index contributed by atoms with van der Waals surface area (Å²) >= 11 is 0. The van der Waals surface area contributed by atoms with E-state index < -0.39 is 0 Å². The number of hydrogen-bond acceptors (Lipinski definition) is 3. The molecule has 3 N–H and O–H groups in total. The van der Waals surface area contributed by atoms with Crippen molar-refractivity contribution in [1.82, 2.24) is 15.5 Å². The highest BCUT2D eigenvalue weighted by atomic mass is 16.3. The van der Waals surface area contributed by atoms with Gasteiger partial charge in [-0.15, -0.1) is 0 Å². The Balaban J connectivity index is 1.47. The van der Waals surface area contributed by atoms with Gasteiger partial charge in [-0.25, -0.2) is 4.79 Å². The summed E-state index contributed by atoms with van der Waals surface area (Å²) in [5.41, 5.74) is 1.03. The Morgan fingerprint density at radius 3 is 2.48 bits per heavy atom. The zero-order chi connectivity index (χ0) is 16.1. The first kappa shape index (κ1) is 16.3. The highest BCUT2D eigenvalue weighted by molar-refractivity contribution is 5.74. The smallest absolute Gasteiger partial charge is 0.315 e. The van der Waals surface area contributed by atoms with E-state index in [1.165, 1.54) is 12.8 Å². The van der Waals surface area contributed by atoms with Crippen LogP contribution in [0.1, 0.15) is 43.7 Å². The first-order chi connectivity index (χ1) is 11.3. The van der Waals surface area contributed by atoms with Crippen molar-refractivity contribution < 1.29 is 9.90 Å². The maximum absolute atomic E-state index is 12.3. The van der Waals surface area contributed by atoms with E-state index in [0.29, 0.717) is 6.42 Å². The minimum Gasteiger partial charge on any atom is -0.396 e. The van der Waals surface area contributed by atoms with Crippen LogP contribution in [-0.4, -0.2) is 47.8 Å². The van der Waals surface area contributed by atoms with Crippen LogP contribution in [0.2, 0.25) is 0 Å². The van der Waals surface area contributed by atoms with E-state index in [0.717, 1.165) is 37.5 Å². The highest BCUT2D eigenvalue weighted by Crippen LogP contribution is 2.29. The number of nitrogens with one attached hydrogen (secondary N) is 2. The zero-order valence-corrected chi connectivity index (χ0v) is 13.6. The molecule has 1 aromatic carbocycles. The largest absolute Gasteiger partial charge is 0.396 e. The van der Waals surface area contributed by atoms with Crippen molar-refractivity contribution in [2.24, 2.45) is 0 Å². The molecule has 1 aromatic rings. The number of benzene rings is 1. The Morgan fingerprint density at radius 1 is 1.17 bits per heavy atom. The number of carbonyl (C=O) groups excluding carboxylic acids is 1. The molecule has 1 atom stereocenters. The van der Waals surface area contributed by atoms with Gasteiger partial charge in [0.2, 0.25) is 0 Å². The number of amides is 2. The summed E-state index contributed by atoms with van der Waals surface area (Å²) in [5.74, 6) is 0. The quantitative estimate of drug-likeness (QED) is 0.752. The molecule has 1 aliphatic carbocycles. The molecule has 1 saturated heterocycles. The van der Waals surface area contributed by atoms with Crippen LogP contribution in [0.15, 0.2) is 30.3 Å². The topological polar surface area (TPSA) is 64.6 Å². The minimum absolute atomic E-state index is 0.0552. The number of likely N-dealkylation sites (tertiary alicyclic amines) is 1. The maximum atomic E-state index is 12.3. The van der Waals surface area contributed by atoms with Gasteiger partial charge in [-0.05, 0) is 37.7 Å². The third kappa shape index (κ3) is 4.69. The van der Waals surface area contributed by atoms with Crippen molar-refractivity contribution in [1.29, 1.82) is 0 Å². The van der Waals surface area contributed by atoms with Gasteiger partial charge in [0.15, 0.2) is 0 Å². The van der Waals surface area contributed by atoms with Gasteiger partial charge in [0.1, 0.15) is 0 Å². The van der Waals surface area contributed by atoms with E-state index in [4.69, 9.17) is 0 Å². The Kier molecular flexibility index (Phi) is 5.51. The number of nitrogens with zero attached hydrogens (tertiary/aromatic N) is 1. The highest BCUT2D eigenvalue weighted by Gasteiger charge is 2.32. The van der Waals surface area contributed by atoms with Gasteiger partial charge in [0.25, 0.3) is 0 Å². The van der Waals surface area contributed by atoms with Crippen LogP contribution in [0, 0.1) is 0 Å². The molecule has 23 heavy (non-hydrogen) atoms. The minimum atomic E-state index is -0.146. The average molecular weight is 317 g/mol. The van der Waals surface area contributed by atoms with E-state index in [-0.39, 0.29) is 24.7 Å². The standard InChI is InChI=1S/C18H27N3O2/c22-13-10-17(14-4-2-1-3-5-14)20-18(23)19-15-8-11-21(12-9-15)16-6-7-16/h1-5,15-17,22H,6-13H2,(H2,19,20,23)/t17-/m1/s1. The van der Waals surface area contributed by atoms with Crippen molar-refractivity contribution in [2.75, 3.05) is 19.7 Å². The summed E-state index contributed by atoms with van der Waals surface area (Å²) in [6.45, 7) is 2.24. The summed E-state index contributed by atoms with van der Waals surface area (Å²) in [6.07, 6.45) is 5.27. The van der Waals surface area contributed by atoms with Crippen LogP contribution in [0.3, 0.4) is 0 Å². The molecule has 0 aromatic heterocycles. The predicted octanol–water partition coefficient (Wildman–Crippen LogP) is 2.04. The number of hydrogen-bond donors (Lipinski definition) is 3. The Hall–Kier alpha value is -1.59. The van der Waals surface area contributed by atoms with E-state index in [2.05, 4.69) is 15.5 Å². The summed E-state index contributed by atoms with van der Waals surface area (Å²) in [4.78, 5) is 14.8. The van der Waals surface area contributed by atoms with Crippen LogP contribution in [-0.2, 0) is 0 Å². The molecule has 5 heteroatoms. The molecule has 0 spiro atoms. The molecule has 1 heterocycles. The molecule has 0 radical (unpaired) electrons. The number of urea groups is 1. The van der Waals surface area contributed by atoms with Crippen LogP contribution in [0.4, 0.5) is 4.79 Å². The molecule has 3 rings (SSSR count). The van der Waals surface area contributed by atoms with Gasteiger partial charge in [-0.3, -0.25) is 0 Å². The summed E-state index contributed by atoms with van der Waals surface area (Å²) < 4.78 is 0. The zero-order valence-electron chi connectivity index (χ0n) is 13.6. The number of carbonyl (C=O) groups is 1. The van der Waals surface area contributed by atoms with Gasteiger partial charge in [0.05, 0.1) is 6.04 Å². The SMILES string of the molecule is O=C(NC1CCN(C2CC2)CC1)N[C@H](CCO)c1ccccc1. The molecule has 2 fully saturated rings. The second kappa shape index (κ2) is 7.79. The fourth-order valence-electron chi connectivity index (χ4n) is 3.37. The van der Waals surface area contributed by atoms with E-state index in [1.807, 2.05) is 30.3 Å². The Labute approximate surface area is 138 Å². The van der Waals surface area contributed by atoms with Gasteiger partial charge < -0.3 is 20.6 Å². The lowest BCUT2D eigenvalue weighted by Crippen LogP contribution is -2.49. The summed E-state index contributed by atoms with van der Waals surface area (Å²) in [6, 6.07) is 10.6. The van der Waals surface area contributed by atoms with Gasteiger partial charge in [-0.1, -0.05) is 30.3 Å². The lowest BCUT2D eigenvalue weighted by atomic mass is 10.0. The van der Waals surface area contributed by atoms with E-state index in [9.17, 15) is 9.90 Å². The van der Waals surface area contributed by atoms with E-state index in [1.54, 1.807) is 0 Å². The normalized spacial score (nSPS) is 20.9. The van der Waals surface area contributed by atoms with Crippen molar-refractivity contribution in [2.45, 2.75) is 50.2 Å². The van der Waals surface area contributed by atoms with Gasteiger partial charge >= 0.3 is 6.03 Å². The maximum Gasteiger partial charge on any atom is 0.315 e. The van der Waals surface area contributed by atoms with Gasteiger partial charge in [0, 0.05) is 31.8 Å². The van der Waals surface area contributed by atoms with Crippen molar-refractivity contribution >= 4 is 6.03 Å². The lowest BCUT2D eigenvalue weighted by Gasteiger charge is -2.32. The number of aliphatic hydroxyl groups is 1. The van der Waals surface area contributed by atoms with Gasteiger partial charge in [-0.2, -0.15) is 0 Å². The molecular formula is C18H27N3O2. The number of aliphatic hydroxyl groups excluding tert-OH is 1. The van der Waals surface area contributed by atoms with Crippen LogP contribution >= 0.6 is 0 Å².